The highest BCUT2D eigenvalue weighted by molar-refractivity contribution is 5.28. The highest BCUT2D eigenvalue weighted by atomic mass is 19.1. The van der Waals surface area contributed by atoms with Crippen molar-refractivity contribution >= 4 is 0 Å². The van der Waals surface area contributed by atoms with E-state index in [1.807, 2.05) is 0 Å². The van der Waals surface area contributed by atoms with E-state index in [-0.39, 0.29) is 11.9 Å². The first kappa shape index (κ1) is 12.0. The summed E-state index contributed by atoms with van der Waals surface area (Å²) in [7, 11) is 0. The van der Waals surface area contributed by atoms with Crippen molar-refractivity contribution in [2.75, 3.05) is 6.54 Å². The number of aromatic nitrogens is 2. The van der Waals surface area contributed by atoms with Crippen molar-refractivity contribution in [2.24, 2.45) is 0 Å². The number of nitrogens with one attached hydrogen (secondary N) is 1. The molecule has 2 aromatic rings. The van der Waals surface area contributed by atoms with Gasteiger partial charge in [0.05, 0.1) is 18.4 Å². The van der Waals surface area contributed by atoms with Crippen LogP contribution in [0, 0.1) is 5.82 Å². The van der Waals surface area contributed by atoms with Gasteiger partial charge in [0.25, 0.3) is 0 Å². The van der Waals surface area contributed by atoms with E-state index in [0.29, 0.717) is 11.5 Å². The van der Waals surface area contributed by atoms with Gasteiger partial charge in [-0.1, -0.05) is 0 Å². The first-order valence-electron chi connectivity index (χ1n) is 6.30. The lowest BCUT2D eigenvalue weighted by Gasteiger charge is -2.09. The van der Waals surface area contributed by atoms with Gasteiger partial charge in [0, 0.05) is 0 Å². The van der Waals surface area contributed by atoms with E-state index in [0.717, 1.165) is 25.2 Å². The van der Waals surface area contributed by atoms with E-state index in [9.17, 15) is 4.39 Å². The largest absolute Gasteiger partial charge is 0.454 e. The Morgan fingerprint density at radius 3 is 2.47 bits per heavy atom. The summed E-state index contributed by atoms with van der Waals surface area (Å²) in [5.74, 6) is 1.63. The van der Waals surface area contributed by atoms with Crippen molar-refractivity contribution in [3.63, 3.8) is 0 Å². The Bertz CT molecular complexity index is 536. The Kier molecular flexibility index (Phi) is 3.37. The molecule has 0 amide bonds. The van der Waals surface area contributed by atoms with Crippen molar-refractivity contribution < 1.29 is 9.13 Å². The molecule has 1 aromatic carbocycles. The second kappa shape index (κ2) is 5.32. The van der Waals surface area contributed by atoms with Gasteiger partial charge in [-0.3, -0.25) is 0 Å². The SMILES string of the molecule is Fc1ccc(Oc2cnc(C3CCCN3)nc2)cc1. The molecule has 1 aliphatic rings. The van der Waals surface area contributed by atoms with Crippen LogP contribution in [0.15, 0.2) is 36.7 Å². The predicted molar refractivity (Wildman–Crippen MR) is 68.5 cm³/mol. The number of hydrogen-bond acceptors (Lipinski definition) is 4. The molecule has 1 N–H and O–H groups in total. The molecule has 0 radical (unpaired) electrons. The summed E-state index contributed by atoms with van der Waals surface area (Å²) in [5.41, 5.74) is 0. The monoisotopic (exact) mass is 259 g/mol. The second-order valence-corrected chi connectivity index (χ2v) is 4.48. The third-order valence-electron chi connectivity index (χ3n) is 3.07. The third kappa shape index (κ3) is 2.88. The summed E-state index contributed by atoms with van der Waals surface area (Å²) in [5, 5.41) is 3.34. The summed E-state index contributed by atoms with van der Waals surface area (Å²) in [4.78, 5) is 8.60. The average molecular weight is 259 g/mol. The van der Waals surface area contributed by atoms with Crippen LogP contribution in [0.4, 0.5) is 4.39 Å². The van der Waals surface area contributed by atoms with Gasteiger partial charge in [-0.2, -0.15) is 0 Å². The minimum absolute atomic E-state index is 0.250. The summed E-state index contributed by atoms with van der Waals surface area (Å²) in [6.45, 7) is 1.02. The number of rotatable bonds is 3. The number of nitrogens with zero attached hydrogens (tertiary/aromatic N) is 2. The summed E-state index contributed by atoms with van der Waals surface area (Å²) in [6, 6.07) is 6.10. The van der Waals surface area contributed by atoms with Crippen LogP contribution >= 0.6 is 0 Å². The zero-order valence-corrected chi connectivity index (χ0v) is 10.3. The molecule has 1 fully saturated rings. The molecule has 98 valence electrons. The number of hydrogen-bond donors (Lipinski definition) is 1. The molecule has 4 nitrogen and oxygen atoms in total. The molecule has 2 heterocycles. The van der Waals surface area contributed by atoms with Gasteiger partial charge >= 0.3 is 0 Å². The Labute approximate surface area is 110 Å². The van der Waals surface area contributed by atoms with E-state index in [1.54, 1.807) is 24.5 Å². The van der Waals surface area contributed by atoms with Gasteiger partial charge in [-0.25, -0.2) is 14.4 Å². The molecular formula is C14H14FN3O. The molecule has 3 rings (SSSR count). The minimum atomic E-state index is -0.286. The first-order chi connectivity index (χ1) is 9.31. The molecule has 5 heteroatoms. The van der Waals surface area contributed by atoms with Crippen LogP contribution < -0.4 is 10.1 Å². The van der Waals surface area contributed by atoms with Crippen molar-refractivity contribution in [3.05, 3.63) is 48.3 Å². The molecule has 0 saturated carbocycles. The lowest BCUT2D eigenvalue weighted by molar-refractivity contribution is 0.472. The van der Waals surface area contributed by atoms with Crippen molar-refractivity contribution in [1.29, 1.82) is 0 Å². The Morgan fingerprint density at radius 2 is 1.84 bits per heavy atom. The zero-order chi connectivity index (χ0) is 13.1. The molecule has 0 aliphatic carbocycles. The standard InChI is InChI=1S/C14H14FN3O/c15-10-3-5-11(6-4-10)19-12-8-17-14(18-9-12)13-2-1-7-16-13/h3-6,8-9,13,16H,1-2,7H2. The summed E-state index contributed by atoms with van der Waals surface area (Å²) < 4.78 is 18.3. The van der Waals surface area contributed by atoms with Gasteiger partial charge in [0.15, 0.2) is 5.75 Å². The van der Waals surface area contributed by atoms with Gasteiger partial charge in [-0.15, -0.1) is 0 Å². The van der Waals surface area contributed by atoms with Crippen molar-refractivity contribution in [2.45, 2.75) is 18.9 Å². The summed E-state index contributed by atoms with van der Waals surface area (Å²) in [6.07, 6.45) is 5.51. The molecule has 1 unspecified atom stereocenters. The fourth-order valence-corrected chi connectivity index (χ4v) is 2.10. The third-order valence-corrected chi connectivity index (χ3v) is 3.07. The Morgan fingerprint density at radius 1 is 1.11 bits per heavy atom. The van der Waals surface area contributed by atoms with E-state index in [4.69, 9.17) is 4.74 Å². The molecule has 19 heavy (non-hydrogen) atoms. The quantitative estimate of drug-likeness (QED) is 0.920. The van der Waals surface area contributed by atoms with Gasteiger partial charge < -0.3 is 10.1 Å². The number of ether oxygens (including phenoxy) is 1. The first-order valence-corrected chi connectivity index (χ1v) is 6.30. The maximum Gasteiger partial charge on any atom is 0.164 e. The predicted octanol–water partition coefficient (Wildman–Crippen LogP) is 2.83. The van der Waals surface area contributed by atoms with Gasteiger partial charge in [0.1, 0.15) is 17.4 Å². The zero-order valence-electron chi connectivity index (χ0n) is 10.3. The topological polar surface area (TPSA) is 47.0 Å². The molecule has 1 aromatic heterocycles. The maximum absolute atomic E-state index is 12.8. The van der Waals surface area contributed by atoms with Gasteiger partial charge in [-0.05, 0) is 43.7 Å². The molecular weight excluding hydrogens is 245 g/mol. The normalized spacial score (nSPS) is 18.5. The van der Waals surface area contributed by atoms with Gasteiger partial charge in [0.2, 0.25) is 0 Å². The van der Waals surface area contributed by atoms with Crippen LogP contribution in [-0.2, 0) is 0 Å². The molecule has 1 aliphatic heterocycles. The smallest absolute Gasteiger partial charge is 0.164 e. The fraction of sp³-hybridized carbons (Fsp3) is 0.286. The van der Waals surface area contributed by atoms with Crippen LogP contribution in [0.3, 0.4) is 0 Å². The van der Waals surface area contributed by atoms with E-state index < -0.39 is 0 Å². The minimum Gasteiger partial charge on any atom is -0.454 e. The average Bonchev–Trinajstić information content (AvgIpc) is 2.96. The molecule has 0 spiro atoms. The van der Waals surface area contributed by atoms with Crippen molar-refractivity contribution in [1.82, 2.24) is 15.3 Å². The van der Waals surface area contributed by atoms with E-state index in [2.05, 4.69) is 15.3 Å². The maximum atomic E-state index is 12.8. The number of halogens is 1. The van der Waals surface area contributed by atoms with Crippen LogP contribution in [0.2, 0.25) is 0 Å². The van der Waals surface area contributed by atoms with E-state index in [1.165, 1.54) is 12.1 Å². The Balaban J connectivity index is 1.70. The molecule has 1 saturated heterocycles. The lowest BCUT2D eigenvalue weighted by atomic mass is 10.2. The van der Waals surface area contributed by atoms with Crippen molar-refractivity contribution in [3.8, 4) is 11.5 Å². The second-order valence-electron chi connectivity index (χ2n) is 4.48. The summed E-state index contributed by atoms with van der Waals surface area (Å²) >= 11 is 0. The highest BCUT2D eigenvalue weighted by Gasteiger charge is 2.18. The van der Waals surface area contributed by atoms with Crippen LogP contribution in [-0.4, -0.2) is 16.5 Å². The van der Waals surface area contributed by atoms with Crippen LogP contribution in [0.5, 0.6) is 11.5 Å². The fourth-order valence-electron chi connectivity index (χ4n) is 2.10. The Hall–Kier alpha value is -2.01. The lowest BCUT2D eigenvalue weighted by Crippen LogP contribution is -2.15. The van der Waals surface area contributed by atoms with Crippen LogP contribution in [0.25, 0.3) is 0 Å². The molecule has 1 atom stereocenters. The number of benzene rings is 1. The van der Waals surface area contributed by atoms with Crippen LogP contribution in [0.1, 0.15) is 24.7 Å². The highest BCUT2D eigenvalue weighted by Crippen LogP contribution is 2.23. The van der Waals surface area contributed by atoms with E-state index >= 15 is 0 Å². The molecule has 0 bridgehead atoms.